The van der Waals surface area contributed by atoms with Gasteiger partial charge >= 0.3 is 12.1 Å². The fraction of sp³-hybridized carbons (Fsp3) is 0.182. The number of aromatic hydroxyl groups is 1. The molecule has 0 radical (unpaired) electrons. The Morgan fingerprint density at radius 2 is 1.88 bits per heavy atom. The van der Waals surface area contributed by atoms with Gasteiger partial charge in [0.05, 0.1) is 11.6 Å². The average Bonchev–Trinajstić information content (AvgIpc) is 3.37. The highest BCUT2D eigenvalue weighted by Gasteiger charge is 2.46. The van der Waals surface area contributed by atoms with Crippen LogP contribution in [0.2, 0.25) is 0 Å². The number of rotatable bonds is 3. The van der Waals surface area contributed by atoms with Crippen LogP contribution in [0.5, 0.6) is 5.88 Å². The molecule has 174 valence electrons. The van der Waals surface area contributed by atoms with E-state index in [1.807, 2.05) is 0 Å². The summed E-state index contributed by atoms with van der Waals surface area (Å²) >= 11 is 0. The summed E-state index contributed by atoms with van der Waals surface area (Å²) in [5.74, 6) is -1.82. The Labute approximate surface area is 188 Å². The number of H-pyrrole nitrogens is 1. The van der Waals surface area contributed by atoms with Crippen molar-refractivity contribution in [2.45, 2.75) is 24.7 Å². The van der Waals surface area contributed by atoms with Crippen LogP contribution in [-0.4, -0.2) is 32.0 Å². The first-order chi connectivity index (χ1) is 16.2. The van der Waals surface area contributed by atoms with Crippen molar-refractivity contribution in [3.63, 3.8) is 0 Å². The second-order valence-electron chi connectivity index (χ2n) is 7.77. The number of aromatic amines is 1. The number of carbonyl (C=O) groups excluding carboxylic acids is 1. The largest absolute Gasteiger partial charge is 0.493 e. The SMILES string of the molecule is O=C(N=Nc1c(O)[nH]c2ccccc12)c1cc2n(n1)C(C(F)(F)F)CC(c1ccc(F)cc1)N2. The third kappa shape index (κ3) is 3.87. The minimum atomic E-state index is -4.64. The number of carbonyl (C=O) groups is 1. The molecule has 0 spiro atoms. The maximum Gasteiger partial charge on any atom is 0.410 e. The van der Waals surface area contributed by atoms with E-state index in [1.54, 1.807) is 24.3 Å². The van der Waals surface area contributed by atoms with E-state index in [0.29, 0.717) is 21.1 Å². The molecule has 2 unspecified atom stereocenters. The first-order valence-corrected chi connectivity index (χ1v) is 10.1. The van der Waals surface area contributed by atoms with Crippen LogP contribution in [0.3, 0.4) is 0 Å². The van der Waals surface area contributed by atoms with Gasteiger partial charge in [0.2, 0.25) is 5.88 Å². The number of anilines is 1. The van der Waals surface area contributed by atoms with Crippen LogP contribution in [0.4, 0.5) is 29.1 Å². The number of para-hydroxylation sites is 1. The van der Waals surface area contributed by atoms with Crippen LogP contribution in [0.15, 0.2) is 64.8 Å². The summed E-state index contributed by atoms with van der Waals surface area (Å²) < 4.78 is 55.4. The number of amides is 1. The van der Waals surface area contributed by atoms with Gasteiger partial charge in [0.25, 0.3) is 0 Å². The number of hydrogen-bond acceptors (Lipinski definition) is 5. The molecule has 34 heavy (non-hydrogen) atoms. The molecule has 1 aliphatic rings. The summed E-state index contributed by atoms with van der Waals surface area (Å²) in [7, 11) is 0. The summed E-state index contributed by atoms with van der Waals surface area (Å²) in [4.78, 5) is 15.3. The number of fused-ring (bicyclic) bond motifs is 2. The zero-order chi connectivity index (χ0) is 24.0. The molecule has 2 aromatic carbocycles. The summed E-state index contributed by atoms with van der Waals surface area (Å²) in [6, 6.07) is 10.3. The predicted octanol–water partition coefficient (Wildman–Crippen LogP) is 5.79. The van der Waals surface area contributed by atoms with Crippen LogP contribution >= 0.6 is 0 Å². The van der Waals surface area contributed by atoms with Gasteiger partial charge in [-0.2, -0.15) is 18.3 Å². The van der Waals surface area contributed by atoms with E-state index in [0.717, 1.165) is 6.07 Å². The second kappa shape index (κ2) is 7.97. The maximum atomic E-state index is 13.8. The van der Waals surface area contributed by atoms with Crippen molar-refractivity contribution >= 4 is 28.3 Å². The average molecular weight is 472 g/mol. The molecule has 3 heterocycles. The third-order valence-electron chi connectivity index (χ3n) is 5.58. The Hall–Kier alpha value is -4.22. The van der Waals surface area contributed by atoms with Gasteiger partial charge in [-0.3, -0.25) is 4.79 Å². The maximum absolute atomic E-state index is 13.8. The number of nitrogens with zero attached hydrogens (tertiary/aromatic N) is 4. The Balaban J connectivity index is 1.46. The van der Waals surface area contributed by atoms with Gasteiger partial charge in [-0.15, -0.1) is 10.2 Å². The number of aromatic nitrogens is 3. The molecule has 2 atom stereocenters. The number of benzene rings is 2. The molecule has 12 heteroatoms. The van der Waals surface area contributed by atoms with Gasteiger partial charge in [0.1, 0.15) is 11.6 Å². The van der Waals surface area contributed by atoms with Crippen molar-refractivity contribution in [2.24, 2.45) is 10.2 Å². The van der Waals surface area contributed by atoms with Crippen LogP contribution in [0.25, 0.3) is 10.9 Å². The summed E-state index contributed by atoms with van der Waals surface area (Å²) in [6.07, 6.45) is -5.04. The molecule has 0 saturated heterocycles. The lowest BCUT2D eigenvalue weighted by Gasteiger charge is -2.33. The molecule has 0 fully saturated rings. The number of halogens is 4. The van der Waals surface area contributed by atoms with Gasteiger partial charge < -0.3 is 15.4 Å². The minimum Gasteiger partial charge on any atom is -0.493 e. The second-order valence-corrected chi connectivity index (χ2v) is 7.77. The molecule has 1 amide bonds. The molecule has 0 aliphatic carbocycles. The molecule has 2 aromatic heterocycles. The molecular weight excluding hydrogens is 456 g/mol. The minimum absolute atomic E-state index is 0.0237. The van der Waals surface area contributed by atoms with Crippen molar-refractivity contribution in [2.75, 3.05) is 5.32 Å². The van der Waals surface area contributed by atoms with Crippen LogP contribution in [0, 0.1) is 5.82 Å². The van der Waals surface area contributed by atoms with Gasteiger partial charge in [0, 0.05) is 17.9 Å². The van der Waals surface area contributed by atoms with E-state index >= 15 is 0 Å². The highest BCUT2D eigenvalue weighted by atomic mass is 19.4. The highest BCUT2D eigenvalue weighted by molar-refractivity contribution is 5.96. The monoisotopic (exact) mass is 472 g/mol. The lowest BCUT2D eigenvalue weighted by atomic mass is 9.97. The first-order valence-electron chi connectivity index (χ1n) is 10.1. The van der Waals surface area contributed by atoms with E-state index in [2.05, 4.69) is 25.6 Å². The van der Waals surface area contributed by atoms with E-state index in [9.17, 15) is 27.5 Å². The molecule has 0 bridgehead atoms. The molecule has 8 nitrogen and oxygen atoms in total. The predicted molar refractivity (Wildman–Crippen MR) is 114 cm³/mol. The number of hydrogen-bond donors (Lipinski definition) is 3. The van der Waals surface area contributed by atoms with Crippen molar-refractivity contribution in [1.82, 2.24) is 14.8 Å². The molecule has 1 aliphatic heterocycles. The smallest absolute Gasteiger partial charge is 0.410 e. The Kier molecular flexibility index (Phi) is 5.07. The van der Waals surface area contributed by atoms with Gasteiger partial charge in [-0.05, 0) is 23.8 Å². The topological polar surface area (TPSA) is 108 Å². The van der Waals surface area contributed by atoms with Crippen molar-refractivity contribution in [1.29, 1.82) is 0 Å². The number of azo groups is 1. The lowest BCUT2D eigenvalue weighted by molar-refractivity contribution is -0.173. The Morgan fingerprint density at radius 1 is 1.15 bits per heavy atom. The zero-order valence-corrected chi connectivity index (χ0v) is 17.2. The zero-order valence-electron chi connectivity index (χ0n) is 17.2. The van der Waals surface area contributed by atoms with E-state index in [-0.39, 0.29) is 23.1 Å². The van der Waals surface area contributed by atoms with Crippen LogP contribution in [-0.2, 0) is 0 Å². The van der Waals surface area contributed by atoms with Crippen LogP contribution in [0.1, 0.15) is 34.6 Å². The highest BCUT2D eigenvalue weighted by Crippen LogP contribution is 2.43. The Bertz CT molecular complexity index is 1410. The van der Waals surface area contributed by atoms with E-state index < -0.39 is 36.4 Å². The summed E-state index contributed by atoms with van der Waals surface area (Å²) in [6.45, 7) is 0. The van der Waals surface area contributed by atoms with Gasteiger partial charge in [0.15, 0.2) is 17.4 Å². The first kappa shape index (κ1) is 21.6. The number of nitrogens with one attached hydrogen (secondary N) is 2. The molecule has 3 N–H and O–H groups in total. The van der Waals surface area contributed by atoms with Gasteiger partial charge in [-0.1, -0.05) is 30.3 Å². The van der Waals surface area contributed by atoms with Crippen molar-refractivity contribution in [3.8, 4) is 5.88 Å². The van der Waals surface area contributed by atoms with E-state index in [1.165, 1.54) is 24.3 Å². The fourth-order valence-electron chi connectivity index (χ4n) is 3.95. The lowest BCUT2D eigenvalue weighted by Crippen LogP contribution is -2.35. The third-order valence-corrected chi connectivity index (χ3v) is 5.58. The van der Waals surface area contributed by atoms with Gasteiger partial charge in [-0.25, -0.2) is 9.07 Å². The molecular formula is C22H16F4N6O2. The van der Waals surface area contributed by atoms with E-state index in [4.69, 9.17) is 0 Å². The standard InChI is InChI=1S/C22H16F4N6O2/c23-12-7-5-11(6-8-12)15-9-17(22(24,25)26)32-18(27-15)10-16(31-32)20(33)30-29-19-13-3-1-2-4-14(13)28-21(19)34/h1-8,10,15,17,27-28,34H,9H2. The summed E-state index contributed by atoms with van der Waals surface area (Å²) in [5.41, 5.74) is 0.712. The molecule has 5 rings (SSSR count). The number of alkyl halides is 3. The van der Waals surface area contributed by atoms with Crippen molar-refractivity contribution in [3.05, 3.63) is 71.7 Å². The van der Waals surface area contributed by atoms with Crippen LogP contribution < -0.4 is 5.32 Å². The normalized spacial score (nSPS) is 18.2. The molecule has 0 saturated carbocycles. The molecule has 4 aromatic rings. The fourth-order valence-corrected chi connectivity index (χ4v) is 3.95. The summed E-state index contributed by atoms with van der Waals surface area (Å²) in [5, 5.41) is 24.6. The van der Waals surface area contributed by atoms with Crippen molar-refractivity contribution < 1.29 is 27.5 Å². The Morgan fingerprint density at radius 3 is 2.62 bits per heavy atom. The quantitative estimate of drug-likeness (QED) is 0.259.